The third-order valence-electron chi connectivity index (χ3n) is 2.86. The smallest absolute Gasteiger partial charge is 0.243 e. The predicted octanol–water partition coefficient (Wildman–Crippen LogP) is 2.03. The molecule has 0 atom stereocenters. The van der Waals surface area contributed by atoms with E-state index in [0.717, 1.165) is 18.9 Å². The number of hydrogen-bond acceptors (Lipinski definition) is 3. The van der Waals surface area contributed by atoms with Crippen LogP contribution in [0, 0.1) is 5.82 Å². The topological polar surface area (TPSA) is 58.2 Å². The summed E-state index contributed by atoms with van der Waals surface area (Å²) in [5.41, 5.74) is 0.274. The van der Waals surface area contributed by atoms with E-state index in [2.05, 4.69) is 10.0 Å². The van der Waals surface area contributed by atoms with Gasteiger partial charge in [0.15, 0.2) is 0 Å². The Morgan fingerprint density at radius 2 is 2.11 bits per heavy atom. The largest absolute Gasteiger partial charge is 0.310 e. The fraction of sp³-hybridized carbons (Fsp3) is 0.500. The standard InChI is InChI=1S/C12H16ClFN2O2S/c1-2-16-19(17,18)11-6-9(13)5-8(12(11)14)7-15-10-3-4-10/h5-6,10,15-16H,2-4,7H2,1H3. The van der Waals surface area contributed by atoms with E-state index in [-0.39, 0.29) is 23.7 Å². The number of nitrogens with one attached hydrogen (secondary N) is 2. The summed E-state index contributed by atoms with van der Waals surface area (Å²) >= 11 is 5.87. The quantitative estimate of drug-likeness (QED) is 0.845. The predicted molar refractivity (Wildman–Crippen MR) is 72.1 cm³/mol. The Labute approximate surface area is 117 Å². The third kappa shape index (κ3) is 3.66. The lowest BCUT2D eigenvalue weighted by Gasteiger charge is -2.11. The zero-order valence-corrected chi connectivity index (χ0v) is 12.1. The van der Waals surface area contributed by atoms with Crippen LogP contribution in [0.25, 0.3) is 0 Å². The van der Waals surface area contributed by atoms with Crippen LogP contribution in [0.2, 0.25) is 5.02 Å². The molecular weight excluding hydrogens is 291 g/mol. The van der Waals surface area contributed by atoms with Crippen LogP contribution in [0.5, 0.6) is 0 Å². The van der Waals surface area contributed by atoms with Gasteiger partial charge in [-0.25, -0.2) is 17.5 Å². The molecule has 0 bridgehead atoms. The normalized spacial score (nSPS) is 15.7. The molecule has 0 unspecified atom stereocenters. The molecule has 1 fully saturated rings. The van der Waals surface area contributed by atoms with E-state index in [1.54, 1.807) is 6.92 Å². The first-order valence-corrected chi connectivity index (χ1v) is 8.01. The van der Waals surface area contributed by atoms with Gasteiger partial charge in [-0.2, -0.15) is 0 Å². The maximum Gasteiger partial charge on any atom is 0.243 e. The summed E-state index contributed by atoms with van der Waals surface area (Å²) < 4.78 is 40.2. The first kappa shape index (κ1) is 14.7. The van der Waals surface area contributed by atoms with Crippen molar-refractivity contribution in [2.75, 3.05) is 6.54 Å². The van der Waals surface area contributed by atoms with Crippen molar-refractivity contribution in [2.45, 2.75) is 37.2 Å². The number of hydrogen-bond donors (Lipinski definition) is 2. The molecule has 0 heterocycles. The Morgan fingerprint density at radius 3 is 2.68 bits per heavy atom. The van der Waals surface area contributed by atoms with Gasteiger partial charge < -0.3 is 5.32 Å². The van der Waals surface area contributed by atoms with Gasteiger partial charge >= 0.3 is 0 Å². The van der Waals surface area contributed by atoms with E-state index in [0.29, 0.717) is 6.04 Å². The highest BCUT2D eigenvalue weighted by molar-refractivity contribution is 7.89. The highest BCUT2D eigenvalue weighted by Crippen LogP contribution is 2.25. The Hall–Kier alpha value is -0.690. The summed E-state index contributed by atoms with van der Waals surface area (Å²) in [4.78, 5) is -0.394. The van der Waals surface area contributed by atoms with Crippen LogP contribution in [-0.2, 0) is 16.6 Å². The van der Waals surface area contributed by atoms with Crippen molar-refractivity contribution in [2.24, 2.45) is 0 Å². The molecule has 0 aliphatic heterocycles. The zero-order chi connectivity index (χ0) is 14.0. The minimum atomic E-state index is -3.85. The molecule has 106 valence electrons. The Morgan fingerprint density at radius 1 is 1.42 bits per heavy atom. The molecule has 7 heteroatoms. The molecule has 4 nitrogen and oxygen atoms in total. The number of benzene rings is 1. The number of halogens is 2. The fourth-order valence-electron chi connectivity index (χ4n) is 1.75. The Kier molecular flexibility index (Phi) is 4.45. The summed E-state index contributed by atoms with van der Waals surface area (Å²) in [5.74, 6) is -0.737. The van der Waals surface area contributed by atoms with E-state index < -0.39 is 20.7 Å². The summed E-state index contributed by atoms with van der Waals surface area (Å²) in [5, 5.41) is 3.35. The van der Waals surface area contributed by atoms with Crippen molar-refractivity contribution in [1.29, 1.82) is 0 Å². The van der Waals surface area contributed by atoms with Gasteiger partial charge in [0.1, 0.15) is 10.7 Å². The van der Waals surface area contributed by atoms with Gasteiger partial charge in [0.2, 0.25) is 10.0 Å². The summed E-state index contributed by atoms with van der Waals surface area (Å²) in [7, 11) is -3.85. The molecule has 1 aromatic rings. The lowest BCUT2D eigenvalue weighted by atomic mass is 10.2. The van der Waals surface area contributed by atoms with Gasteiger partial charge in [-0.05, 0) is 25.0 Å². The van der Waals surface area contributed by atoms with Crippen molar-refractivity contribution in [3.05, 3.63) is 28.5 Å². The molecule has 2 rings (SSSR count). The van der Waals surface area contributed by atoms with Crippen molar-refractivity contribution < 1.29 is 12.8 Å². The maximum atomic E-state index is 14.2. The van der Waals surface area contributed by atoms with Crippen molar-refractivity contribution >= 4 is 21.6 Å². The monoisotopic (exact) mass is 306 g/mol. The molecule has 1 aliphatic carbocycles. The molecule has 0 aromatic heterocycles. The van der Waals surface area contributed by atoms with Gasteiger partial charge in [0.25, 0.3) is 0 Å². The van der Waals surface area contributed by atoms with Crippen LogP contribution in [0.4, 0.5) is 4.39 Å². The average Bonchev–Trinajstić information content (AvgIpc) is 3.13. The second-order valence-electron chi connectivity index (χ2n) is 4.53. The molecule has 19 heavy (non-hydrogen) atoms. The van der Waals surface area contributed by atoms with E-state index in [1.165, 1.54) is 6.07 Å². The van der Waals surface area contributed by atoms with E-state index in [1.807, 2.05) is 0 Å². The van der Waals surface area contributed by atoms with Gasteiger partial charge in [-0.15, -0.1) is 0 Å². The van der Waals surface area contributed by atoms with Crippen LogP contribution in [-0.4, -0.2) is 21.0 Å². The summed E-state index contributed by atoms with van der Waals surface area (Å²) in [6.07, 6.45) is 2.15. The lowest BCUT2D eigenvalue weighted by molar-refractivity contribution is 0.542. The summed E-state index contributed by atoms with van der Waals surface area (Å²) in [6.45, 7) is 2.12. The van der Waals surface area contributed by atoms with Crippen molar-refractivity contribution in [1.82, 2.24) is 10.0 Å². The highest BCUT2D eigenvalue weighted by atomic mass is 35.5. The van der Waals surface area contributed by atoms with Crippen molar-refractivity contribution in [3.8, 4) is 0 Å². The Balaban J connectivity index is 2.32. The van der Waals surface area contributed by atoms with Crippen LogP contribution in [0.15, 0.2) is 17.0 Å². The molecule has 0 radical (unpaired) electrons. The van der Waals surface area contributed by atoms with Crippen LogP contribution in [0.1, 0.15) is 25.3 Å². The van der Waals surface area contributed by atoms with Crippen LogP contribution in [0.3, 0.4) is 0 Å². The van der Waals surface area contributed by atoms with Gasteiger partial charge in [0.05, 0.1) is 0 Å². The van der Waals surface area contributed by atoms with Gasteiger partial charge in [-0.1, -0.05) is 18.5 Å². The average molecular weight is 307 g/mol. The third-order valence-corrected chi connectivity index (χ3v) is 4.62. The molecule has 0 spiro atoms. The second kappa shape index (κ2) is 5.75. The fourth-order valence-corrected chi connectivity index (χ4v) is 3.24. The van der Waals surface area contributed by atoms with Gasteiger partial charge in [-0.3, -0.25) is 0 Å². The van der Waals surface area contributed by atoms with E-state index in [9.17, 15) is 12.8 Å². The number of rotatable bonds is 6. The van der Waals surface area contributed by atoms with Crippen LogP contribution < -0.4 is 10.0 Å². The minimum Gasteiger partial charge on any atom is -0.310 e. The molecule has 1 aromatic carbocycles. The molecule has 2 N–H and O–H groups in total. The maximum absolute atomic E-state index is 14.2. The minimum absolute atomic E-state index is 0.198. The zero-order valence-electron chi connectivity index (χ0n) is 10.5. The summed E-state index contributed by atoms with van der Waals surface area (Å²) in [6, 6.07) is 3.00. The van der Waals surface area contributed by atoms with E-state index >= 15 is 0 Å². The SMILES string of the molecule is CCNS(=O)(=O)c1cc(Cl)cc(CNC2CC2)c1F. The number of sulfonamides is 1. The first-order valence-electron chi connectivity index (χ1n) is 6.15. The Bertz CT molecular complexity index is 573. The highest BCUT2D eigenvalue weighted by Gasteiger charge is 2.24. The first-order chi connectivity index (χ1) is 8.94. The molecule has 0 saturated heterocycles. The molecule has 1 aliphatic rings. The lowest BCUT2D eigenvalue weighted by Crippen LogP contribution is -2.25. The molecule has 0 amide bonds. The molecular formula is C12H16ClFN2O2S. The molecule has 1 saturated carbocycles. The van der Waals surface area contributed by atoms with E-state index in [4.69, 9.17) is 11.6 Å². The van der Waals surface area contributed by atoms with Crippen LogP contribution >= 0.6 is 11.6 Å². The van der Waals surface area contributed by atoms with Crippen molar-refractivity contribution in [3.63, 3.8) is 0 Å². The second-order valence-corrected chi connectivity index (χ2v) is 6.71. The van der Waals surface area contributed by atoms with Gasteiger partial charge in [0, 0.05) is 29.7 Å².